The number of nitrogens with zero attached hydrogens (tertiary/aromatic N) is 2. The molecule has 5 heteroatoms. The molecule has 2 heterocycles. The highest BCUT2D eigenvalue weighted by Crippen LogP contribution is 2.28. The molecule has 0 aromatic carbocycles. The summed E-state index contributed by atoms with van der Waals surface area (Å²) in [6, 6.07) is -0.139. The second-order valence-corrected chi connectivity index (χ2v) is 5.97. The average molecular weight is 265 g/mol. The zero-order valence-corrected chi connectivity index (χ0v) is 11.4. The van der Waals surface area contributed by atoms with E-state index in [0.29, 0.717) is 6.42 Å². The van der Waals surface area contributed by atoms with Crippen LogP contribution in [0.25, 0.3) is 0 Å². The number of likely N-dealkylation sites (tertiary alicyclic amines) is 1. The van der Waals surface area contributed by atoms with Gasteiger partial charge in [0.2, 0.25) is 11.8 Å². The van der Waals surface area contributed by atoms with Crippen molar-refractivity contribution in [3.05, 3.63) is 0 Å². The van der Waals surface area contributed by atoms with Crippen LogP contribution in [0.1, 0.15) is 51.4 Å². The lowest BCUT2D eigenvalue weighted by atomic mass is 10.1. The Kier molecular flexibility index (Phi) is 3.84. The van der Waals surface area contributed by atoms with Crippen molar-refractivity contribution in [3.63, 3.8) is 0 Å². The molecule has 0 radical (unpaired) electrons. The fourth-order valence-corrected chi connectivity index (χ4v) is 3.54. The highest BCUT2D eigenvalue weighted by atomic mass is 16.2. The number of piperidine rings is 1. The first-order valence-corrected chi connectivity index (χ1v) is 7.63. The molecule has 0 aromatic rings. The summed E-state index contributed by atoms with van der Waals surface area (Å²) in [4.78, 5) is 26.0. The molecule has 3 fully saturated rings. The number of hydrogen-bond donors (Lipinski definition) is 1. The topological polar surface area (TPSA) is 52.7 Å². The minimum absolute atomic E-state index is 0.00229. The smallest absolute Gasteiger partial charge is 0.248 e. The van der Waals surface area contributed by atoms with E-state index in [4.69, 9.17) is 0 Å². The minimum Gasteiger partial charge on any atom is -0.278 e. The number of rotatable bonds is 3. The van der Waals surface area contributed by atoms with Crippen LogP contribution in [-0.2, 0) is 9.59 Å². The van der Waals surface area contributed by atoms with Gasteiger partial charge >= 0.3 is 0 Å². The normalized spacial score (nSPS) is 30.5. The molecule has 5 nitrogen and oxygen atoms in total. The zero-order valence-electron chi connectivity index (χ0n) is 11.4. The summed E-state index contributed by atoms with van der Waals surface area (Å²) >= 11 is 0. The Morgan fingerprint density at radius 1 is 0.947 bits per heavy atom. The van der Waals surface area contributed by atoms with Gasteiger partial charge in [-0.25, -0.2) is 10.4 Å². The first-order chi connectivity index (χ1) is 9.25. The van der Waals surface area contributed by atoms with E-state index in [1.165, 1.54) is 19.3 Å². The molecule has 1 aliphatic carbocycles. The van der Waals surface area contributed by atoms with Crippen LogP contribution < -0.4 is 5.43 Å². The van der Waals surface area contributed by atoms with E-state index in [9.17, 15) is 9.59 Å². The lowest BCUT2D eigenvalue weighted by Gasteiger charge is -2.29. The van der Waals surface area contributed by atoms with Crippen molar-refractivity contribution in [2.24, 2.45) is 0 Å². The van der Waals surface area contributed by atoms with Gasteiger partial charge in [0.05, 0.1) is 6.42 Å². The first-order valence-electron chi connectivity index (χ1n) is 7.63. The number of hydrazine groups is 1. The summed E-state index contributed by atoms with van der Waals surface area (Å²) in [6.45, 7) is 1.97. The molecule has 0 aromatic heterocycles. The van der Waals surface area contributed by atoms with Gasteiger partial charge < -0.3 is 0 Å². The fourth-order valence-electron chi connectivity index (χ4n) is 3.54. The van der Waals surface area contributed by atoms with E-state index in [2.05, 4.69) is 10.4 Å². The Labute approximate surface area is 114 Å². The molecule has 0 bridgehead atoms. The third kappa shape index (κ3) is 2.67. The van der Waals surface area contributed by atoms with Gasteiger partial charge in [0.1, 0.15) is 6.04 Å². The van der Waals surface area contributed by atoms with Crippen LogP contribution in [0.15, 0.2) is 0 Å². The van der Waals surface area contributed by atoms with Crippen molar-refractivity contribution in [3.8, 4) is 0 Å². The second kappa shape index (κ2) is 5.59. The summed E-state index contributed by atoms with van der Waals surface area (Å²) in [6.07, 6.45) is 8.23. The molecule has 1 N–H and O–H groups in total. The zero-order chi connectivity index (χ0) is 13.2. The maximum atomic E-state index is 12.4. The Hall–Kier alpha value is -0.940. The molecule has 19 heavy (non-hydrogen) atoms. The van der Waals surface area contributed by atoms with E-state index in [0.717, 1.165) is 38.8 Å². The first kappa shape index (κ1) is 13.1. The molecular weight excluding hydrogens is 242 g/mol. The molecule has 2 saturated heterocycles. The van der Waals surface area contributed by atoms with Gasteiger partial charge in [-0.05, 0) is 25.7 Å². The Morgan fingerprint density at radius 3 is 2.32 bits per heavy atom. The van der Waals surface area contributed by atoms with Crippen molar-refractivity contribution in [1.82, 2.24) is 15.3 Å². The summed E-state index contributed by atoms with van der Waals surface area (Å²) < 4.78 is 0. The summed E-state index contributed by atoms with van der Waals surface area (Å²) in [7, 11) is 0. The van der Waals surface area contributed by atoms with Crippen LogP contribution in [-0.4, -0.2) is 46.9 Å². The van der Waals surface area contributed by atoms with Gasteiger partial charge in [-0.3, -0.25) is 14.5 Å². The predicted molar refractivity (Wildman–Crippen MR) is 71.1 cm³/mol. The molecule has 2 amide bonds. The fraction of sp³-hybridized carbons (Fsp3) is 0.857. The largest absolute Gasteiger partial charge is 0.278 e. The number of amides is 2. The molecule has 3 rings (SSSR count). The molecule has 0 spiro atoms. The Bertz CT molecular complexity index is 360. The van der Waals surface area contributed by atoms with Crippen LogP contribution >= 0.6 is 0 Å². The van der Waals surface area contributed by atoms with Gasteiger partial charge in [0.15, 0.2) is 0 Å². The van der Waals surface area contributed by atoms with E-state index < -0.39 is 0 Å². The lowest BCUT2D eigenvalue weighted by molar-refractivity contribution is -0.141. The van der Waals surface area contributed by atoms with Gasteiger partial charge in [-0.2, -0.15) is 0 Å². The van der Waals surface area contributed by atoms with E-state index in [1.807, 2.05) is 0 Å². The SMILES string of the molecule is O=C1CC(NN2CCCCC2)C(=O)N1C1CCCC1. The van der Waals surface area contributed by atoms with Gasteiger partial charge in [-0.1, -0.05) is 19.3 Å². The standard InChI is InChI=1S/C14H23N3O2/c18-13-10-12(15-16-8-4-1-5-9-16)14(19)17(13)11-6-2-3-7-11/h11-12,15H,1-10H2. The minimum atomic E-state index is -0.314. The van der Waals surface area contributed by atoms with E-state index in [-0.39, 0.29) is 23.9 Å². The predicted octanol–water partition coefficient (Wildman–Crippen LogP) is 1.05. The average Bonchev–Trinajstić information content (AvgIpc) is 3.01. The number of carbonyl (C=O) groups is 2. The molecule has 1 unspecified atom stereocenters. The van der Waals surface area contributed by atoms with E-state index in [1.54, 1.807) is 4.90 Å². The van der Waals surface area contributed by atoms with Crippen LogP contribution in [0.2, 0.25) is 0 Å². The van der Waals surface area contributed by atoms with Crippen molar-refractivity contribution < 1.29 is 9.59 Å². The number of hydrogen-bond acceptors (Lipinski definition) is 4. The number of nitrogens with one attached hydrogen (secondary N) is 1. The molecule has 1 atom stereocenters. The van der Waals surface area contributed by atoms with Gasteiger partial charge in [-0.15, -0.1) is 0 Å². The number of imide groups is 1. The summed E-state index contributed by atoms with van der Waals surface area (Å²) in [5, 5.41) is 2.12. The van der Waals surface area contributed by atoms with Crippen molar-refractivity contribution >= 4 is 11.8 Å². The van der Waals surface area contributed by atoms with Crippen LogP contribution in [0, 0.1) is 0 Å². The lowest BCUT2D eigenvalue weighted by Crippen LogP contribution is -2.51. The Balaban J connectivity index is 1.61. The van der Waals surface area contributed by atoms with Crippen LogP contribution in [0.4, 0.5) is 0 Å². The second-order valence-electron chi connectivity index (χ2n) is 5.97. The summed E-state index contributed by atoms with van der Waals surface area (Å²) in [5.41, 5.74) is 3.27. The quantitative estimate of drug-likeness (QED) is 0.775. The highest BCUT2D eigenvalue weighted by Gasteiger charge is 2.43. The van der Waals surface area contributed by atoms with Crippen molar-refractivity contribution in [1.29, 1.82) is 0 Å². The third-order valence-electron chi connectivity index (χ3n) is 4.57. The van der Waals surface area contributed by atoms with E-state index >= 15 is 0 Å². The maximum absolute atomic E-state index is 12.4. The highest BCUT2D eigenvalue weighted by molar-refractivity contribution is 6.05. The maximum Gasteiger partial charge on any atom is 0.248 e. The summed E-state index contributed by atoms with van der Waals surface area (Å²) in [5.74, 6) is 0.0221. The Morgan fingerprint density at radius 2 is 1.63 bits per heavy atom. The third-order valence-corrected chi connectivity index (χ3v) is 4.57. The van der Waals surface area contributed by atoms with Crippen LogP contribution in [0.5, 0.6) is 0 Å². The molecule has 1 saturated carbocycles. The van der Waals surface area contributed by atoms with Gasteiger partial charge in [0, 0.05) is 19.1 Å². The number of carbonyl (C=O) groups excluding carboxylic acids is 2. The van der Waals surface area contributed by atoms with Crippen molar-refractivity contribution in [2.75, 3.05) is 13.1 Å². The van der Waals surface area contributed by atoms with Gasteiger partial charge in [0.25, 0.3) is 0 Å². The molecule has 106 valence electrons. The monoisotopic (exact) mass is 265 g/mol. The molecule has 3 aliphatic rings. The molecular formula is C14H23N3O2. The van der Waals surface area contributed by atoms with Crippen LogP contribution in [0.3, 0.4) is 0 Å². The molecule has 2 aliphatic heterocycles. The van der Waals surface area contributed by atoms with Crippen molar-refractivity contribution in [2.45, 2.75) is 63.5 Å².